The second-order valence-corrected chi connectivity index (χ2v) is 11.7. The molecule has 4 rings (SSSR count). The molecular weight excluding hydrogens is 433 g/mol. The number of benzene rings is 3. The average Bonchev–Trinajstić information content (AvgIpc) is 2.73. The zero-order valence-electron chi connectivity index (χ0n) is 18.0. The summed E-state index contributed by atoms with van der Waals surface area (Å²) >= 11 is 0.331. The first-order valence-electron chi connectivity index (χ1n) is 10.4. The van der Waals surface area contributed by atoms with Crippen molar-refractivity contribution in [2.24, 2.45) is 4.99 Å². The molecule has 2 N–H and O–H groups in total. The Hall–Kier alpha value is -2.55. The van der Waals surface area contributed by atoms with E-state index in [4.69, 9.17) is 4.99 Å². The third kappa shape index (κ3) is 4.61. The quantitative estimate of drug-likeness (QED) is 0.484. The molecule has 1 aliphatic heterocycles. The van der Waals surface area contributed by atoms with Gasteiger partial charge in [-0.15, -0.1) is 0 Å². The van der Waals surface area contributed by atoms with Crippen LogP contribution in [0.3, 0.4) is 0 Å². The van der Waals surface area contributed by atoms with Gasteiger partial charge in [-0.05, 0) is 0 Å². The zero-order valence-corrected chi connectivity index (χ0v) is 19.7. The van der Waals surface area contributed by atoms with Crippen LogP contribution in [0.1, 0.15) is 33.3 Å². The first kappa shape index (κ1) is 20.7. The molecular formula is C26H29N3Se. The molecule has 0 aromatic heterocycles. The van der Waals surface area contributed by atoms with Gasteiger partial charge in [-0.25, -0.2) is 0 Å². The Labute approximate surface area is 186 Å². The molecule has 3 aromatic carbocycles. The fourth-order valence-electron chi connectivity index (χ4n) is 3.72. The predicted molar refractivity (Wildman–Crippen MR) is 131 cm³/mol. The van der Waals surface area contributed by atoms with Crippen molar-refractivity contribution in [1.29, 1.82) is 0 Å². The van der Waals surface area contributed by atoms with Crippen LogP contribution >= 0.6 is 0 Å². The van der Waals surface area contributed by atoms with Crippen LogP contribution < -0.4 is 15.1 Å². The Morgan fingerprint density at radius 3 is 2.20 bits per heavy atom. The van der Waals surface area contributed by atoms with Crippen molar-refractivity contribution >= 4 is 42.3 Å². The van der Waals surface area contributed by atoms with E-state index in [9.17, 15) is 0 Å². The molecule has 0 amide bonds. The monoisotopic (exact) mass is 463 g/mol. The summed E-state index contributed by atoms with van der Waals surface area (Å²) in [5.74, 6) is 0.996. The van der Waals surface area contributed by atoms with Gasteiger partial charge in [-0.2, -0.15) is 0 Å². The van der Waals surface area contributed by atoms with Crippen LogP contribution in [0.2, 0.25) is 4.82 Å². The van der Waals surface area contributed by atoms with Gasteiger partial charge in [-0.1, -0.05) is 0 Å². The summed E-state index contributed by atoms with van der Waals surface area (Å²) in [6.07, 6.45) is 0. The molecule has 0 fully saturated rings. The number of para-hydroxylation sites is 3. The van der Waals surface area contributed by atoms with Crippen LogP contribution in [0.5, 0.6) is 0 Å². The van der Waals surface area contributed by atoms with Gasteiger partial charge in [0.1, 0.15) is 0 Å². The van der Waals surface area contributed by atoms with Crippen molar-refractivity contribution in [1.82, 2.24) is 0 Å². The minimum atomic E-state index is 0.0374. The number of hydrogen-bond acceptors (Lipinski definition) is 2. The second-order valence-electron chi connectivity index (χ2n) is 8.69. The van der Waals surface area contributed by atoms with Crippen LogP contribution in [0, 0.1) is 0 Å². The van der Waals surface area contributed by atoms with Gasteiger partial charge in [0.05, 0.1) is 0 Å². The number of amidine groups is 1. The SMILES string of the molecule is CC([Se]c1ccccc1)C1Nc2ccccc2NC1=Nc1ccccc1C(C)(C)C. The van der Waals surface area contributed by atoms with Gasteiger partial charge in [-0.3, -0.25) is 0 Å². The standard InChI is InChI=1S/C26H29N3Se/c1-18(30-19-12-6-5-7-13-19)24-25(29-23-17-11-10-16-22(23)27-24)28-21-15-9-8-14-20(21)26(2,3)4/h5-18,24,27H,1-4H3,(H,28,29). The van der Waals surface area contributed by atoms with Gasteiger partial charge >= 0.3 is 186 Å². The van der Waals surface area contributed by atoms with Gasteiger partial charge in [0.2, 0.25) is 0 Å². The molecule has 0 aliphatic carbocycles. The number of anilines is 2. The van der Waals surface area contributed by atoms with Gasteiger partial charge in [0, 0.05) is 0 Å². The normalized spacial score (nSPS) is 18.3. The summed E-state index contributed by atoms with van der Waals surface area (Å²) in [5, 5.41) is 7.41. The number of nitrogens with one attached hydrogen (secondary N) is 2. The van der Waals surface area contributed by atoms with Crippen molar-refractivity contribution in [2.75, 3.05) is 10.6 Å². The Balaban J connectivity index is 1.73. The number of aliphatic imine (C=N–C) groups is 1. The van der Waals surface area contributed by atoms with Crippen molar-refractivity contribution in [3.8, 4) is 0 Å². The molecule has 4 heteroatoms. The summed E-state index contributed by atoms with van der Waals surface area (Å²) < 4.78 is 1.41. The maximum atomic E-state index is 5.18. The van der Waals surface area contributed by atoms with E-state index in [-0.39, 0.29) is 11.5 Å². The van der Waals surface area contributed by atoms with E-state index < -0.39 is 0 Å². The van der Waals surface area contributed by atoms with Crippen LogP contribution in [0.4, 0.5) is 17.1 Å². The number of rotatable bonds is 4. The molecule has 0 radical (unpaired) electrons. The van der Waals surface area contributed by atoms with Gasteiger partial charge in [0.15, 0.2) is 0 Å². The Morgan fingerprint density at radius 1 is 0.833 bits per heavy atom. The number of nitrogens with zero attached hydrogens (tertiary/aromatic N) is 1. The second kappa shape index (κ2) is 8.67. The molecule has 1 aliphatic rings. The topological polar surface area (TPSA) is 36.4 Å². The summed E-state index contributed by atoms with van der Waals surface area (Å²) in [6, 6.07) is 27.8. The predicted octanol–water partition coefficient (Wildman–Crippen LogP) is 5.76. The summed E-state index contributed by atoms with van der Waals surface area (Å²) in [4.78, 5) is 5.61. The molecule has 0 saturated carbocycles. The van der Waals surface area contributed by atoms with Crippen LogP contribution in [0.25, 0.3) is 0 Å². The van der Waals surface area contributed by atoms with Crippen molar-refractivity contribution in [2.45, 2.75) is 44.0 Å². The Kier molecular flexibility index (Phi) is 5.99. The Morgan fingerprint density at radius 2 is 1.47 bits per heavy atom. The van der Waals surface area contributed by atoms with Gasteiger partial charge < -0.3 is 0 Å². The van der Waals surface area contributed by atoms with Crippen molar-refractivity contribution in [3.63, 3.8) is 0 Å². The van der Waals surface area contributed by atoms with E-state index in [1.807, 2.05) is 0 Å². The average molecular weight is 462 g/mol. The summed E-state index contributed by atoms with van der Waals surface area (Å²) in [6.45, 7) is 9.05. The van der Waals surface area contributed by atoms with Crippen LogP contribution in [0.15, 0.2) is 83.9 Å². The van der Waals surface area contributed by atoms with E-state index in [1.165, 1.54) is 10.0 Å². The van der Waals surface area contributed by atoms with Crippen LogP contribution in [-0.2, 0) is 5.41 Å². The van der Waals surface area contributed by atoms with E-state index >= 15 is 0 Å². The number of hydrogen-bond donors (Lipinski definition) is 2. The Bertz CT molecular complexity index is 1040. The van der Waals surface area contributed by atoms with E-state index in [1.54, 1.807) is 0 Å². The van der Waals surface area contributed by atoms with Crippen LogP contribution in [-0.4, -0.2) is 26.8 Å². The molecule has 0 bridgehead atoms. The third-order valence-corrected chi connectivity index (χ3v) is 7.78. The summed E-state index contributed by atoms with van der Waals surface area (Å²) in [7, 11) is 0. The van der Waals surface area contributed by atoms with E-state index in [2.05, 4.69) is 117 Å². The van der Waals surface area contributed by atoms with Crippen molar-refractivity contribution in [3.05, 3.63) is 84.4 Å². The molecule has 3 aromatic rings. The first-order valence-corrected chi connectivity index (χ1v) is 12.3. The maximum absolute atomic E-state index is 5.18. The molecule has 0 spiro atoms. The van der Waals surface area contributed by atoms with Gasteiger partial charge in [0.25, 0.3) is 0 Å². The van der Waals surface area contributed by atoms with E-state index in [0.717, 1.165) is 22.9 Å². The molecule has 30 heavy (non-hydrogen) atoms. The molecule has 0 saturated heterocycles. The number of fused-ring (bicyclic) bond motifs is 1. The van der Waals surface area contributed by atoms with E-state index in [0.29, 0.717) is 19.8 Å². The first-order chi connectivity index (χ1) is 14.4. The molecule has 2 atom stereocenters. The fraction of sp³-hybridized carbons (Fsp3) is 0.269. The minimum absolute atomic E-state index is 0.0374. The van der Waals surface area contributed by atoms with Crippen molar-refractivity contribution < 1.29 is 0 Å². The molecule has 2 unspecified atom stereocenters. The molecule has 3 nitrogen and oxygen atoms in total. The zero-order chi connectivity index (χ0) is 21.1. The third-order valence-electron chi connectivity index (χ3n) is 5.28. The fourth-order valence-corrected chi connectivity index (χ4v) is 5.98. The molecule has 154 valence electrons. The summed E-state index contributed by atoms with van der Waals surface area (Å²) in [5.41, 5.74) is 4.56. The molecule has 1 heterocycles.